The maximum atomic E-state index is 12.0. The Balaban J connectivity index is 2.14. The Hall–Kier alpha value is -2.44. The number of methoxy groups -OCH3 is 1. The van der Waals surface area contributed by atoms with Crippen LogP contribution in [0.3, 0.4) is 0 Å². The number of alkyl carbamates (subject to hydrolysis) is 1. The van der Waals surface area contributed by atoms with Gasteiger partial charge in [0.1, 0.15) is 5.60 Å². The Morgan fingerprint density at radius 3 is 2.46 bits per heavy atom. The van der Waals surface area contributed by atoms with Gasteiger partial charge in [-0.15, -0.1) is 0 Å². The highest BCUT2D eigenvalue weighted by atomic mass is 16.6. The topological polar surface area (TPSA) is 94.1 Å². The van der Waals surface area contributed by atoms with Crippen molar-refractivity contribution in [2.45, 2.75) is 70.5 Å². The van der Waals surface area contributed by atoms with Crippen molar-refractivity contribution in [2.24, 2.45) is 0 Å². The molecule has 0 bridgehead atoms. The quantitative estimate of drug-likeness (QED) is 0.691. The van der Waals surface area contributed by atoms with Crippen molar-refractivity contribution in [1.82, 2.24) is 5.32 Å². The van der Waals surface area contributed by atoms with Crippen molar-refractivity contribution >= 4 is 12.1 Å². The second-order valence-electron chi connectivity index (χ2n) is 8.11. The van der Waals surface area contributed by atoms with Crippen molar-refractivity contribution in [3.8, 4) is 11.5 Å². The second-order valence-corrected chi connectivity index (χ2v) is 8.11. The zero-order valence-electron chi connectivity index (χ0n) is 17.1. The summed E-state index contributed by atoms with van der Waals surface area (Å²) in [7, 11) is 1.58. The van der Waals surface area contributed by atoms with Crippen LogP contribution < -0.4 is 14.8 Å². The number of carbonyl (C=O) groups excluding carboxylic acids is 1. The van der Waals surface area contributed by atoms with Crippen molar-refractivity contribution in [3.05, 3.63) is 23.8 Å². The molecule has 0 spiro atoms. The lowest BCUT2D eigenvalue weighted by molar-refractivity contribution is -0.137. The number of hydrogen-bond acceptors (Lipinski definition) is 5. The van der Waals surface area contributed by atoms with Crippen LogP contribution in [0.5, 0.6) is 11.5 Å². The molecule has 7 nitrogen and oxygen atoms in total. The van der Waals surface area contributed by atoms with Crippen LogP contribution in [0.4, 0.5) is 4.79 Å². The van der Waals surface area contributed by atoms with Crippen LogP contribution >= 0.6 is 0 Å². The molecule has 0 aromatic heterocycles. The molecule has 1 amide bonds. The lowest BCUT2D eigenvalue weighted by Crippen LogP contribution is -2.35. The molecule has 1 aliphatic carbocycles. The van der Waals surface area contributed by atoms with Gasteiger partial charge < -0.3 is 24.6 Å². The Kier molecular flexibility index (Phi) is 7.54. The van der Waals surface area contributed by atoms with E-state index < -0.39 is 23.6 Å². The van der Waals surface area contributed by atoms with E-state index in [0.717, 1.165) is 31.2 Å². The van der Waals surface area contributed by atoms with E-state index in [1.54, 1.807) is 33.9 Å². The molecule has 0 saturated heterocycles. The molecule has 1 unspecified atom stereocenters. The SMILES string of the molecule is COc1ccc(C(CNC(=O)OC(C)(C)C)CC(=O)O)cc1OC1CCCC1. The number of carbonyl (C=O) groups is 2. The summed E-state index contributed by atoms with van der Waals surface area (Å²) < 4.78 is 16.7. The summed E-state index contributed by atoms with van der Waals surface area (Å²) in [5, 5.41) is 12.0. The van der Waals surface area contributed by atoms with E-state index in [1.807, 2.05) is 12.1 Å². The molecular formula is C21H31NO6. The lowest BCUT2D eigenvalue weighted by Gasteiger charge is -2.22. The van der Waals surface area contributed by atoms with Crippen LogP contribution in [0.25, 0.3) is 0 Å². The van der Waals surface area contributed by atoms with Crippen LogP contribution in [-0.2, 0) is 9.53 Å². The monoisotopic (exact) mass is 393 g/mol. The third kappa shape index (κ3) is 6.94. The molecule has 0 radical (unpaired) electrons. The summed E-state index contributed by atoms with van der Waals surface area (Å²) in [6, 6.07) is 5.41. The highest BCUT2D eigenvalue weighted by molar-refractivity contribution is 5.70. The molecular weight excluding hydrogens is 362 g/mol. The number of benzene rings is 1. The normalized spacial score (nSPS) is 15.7. The molecule has 1 aromatic carbocycles. The van der Waals surface area contributed by atoms with Crippen LogP contribution in [0.2, 0.25) is 0 Å². The molecule has 1 saturated carbocycles. The van der Waals surface area contributed by atoms with Gasteiger partial charge in [-0.3, -0.25) is 4.79 Å². The number of hydrogen-bond donors (Lipinski definition) is 2. The van der Waals surface area contributed by atoms with Crippen LogP contribution in [0, 0.1) is 0 Å². The summed E-state index contributed by atoms with van der Waals surface area (Å²) in [5.41, 5.74) is 0.154. The first-order valence-electron chi connectivity index (χ1n) is 9.71. The number of rotatable bonds is 8. The van der Waals surface area contributed by atoms with Crippen molar-refractivity contribution < 1.29 is 28.9 Å². The van der Waals surface area contributed by atoms with E-state index in [0.29, 0.717) is 11.5 Å². The smallest absolute Gasteiger partial charge is 0.407 e. The van der Waals surface area contributed by atoms with Gasteiger partial charge in [-0.05, 0) is 64.2 Å². The van der Waals surface area contributed by atoms with Gasteiger partial charge in [0, 0.05) is 12.5 Å². The average molecular weight is 393 g/mol. The van der Waals surface area contributed by atoms with Gasteiger partial charge in [0.15, 0.2) is 11.5 Å². The number of carboxylic acids is 1. The van der Waals surface area contributed by atoms with Gasteiger partial charge in [-0.1, -0.05) is 6.07 Å². The second kappa shape index (κ2) is 9.66. The minimum atomic E-state index is -0.940. The summed E-state index contributed by atoms with van der Waals surface area (Å²) in [6.45, 7) is 5.47. The lowest BCUT2D eigenvalue weighted by atomic mass is 9.95. The van der Waals surface area contributed by atoms with Gasteiger partial charge in [0.2, 0.25) is 0 Å². The fraction of sp³-hybridized carbons (Fsp3) is 0.619. The van der Waals surface area contributed by atoms with E-state index >= 15 is 0 Å². The Labute approximate surface area is 166 Å². The number of amides is 1. The molecule has 2 rings (SSSR count). The maximum absolute atomic E-state index is 12.0. The summed E-state index contributed by atoms with van der Waals surface area (Å²) in [4.78, 5) is 23.3. The maximum Gasteiger partial charge on any atom is 0.407 e. The number of nitrogens with one attached hydrogen (secondary N) is 1. The van der Waals surface area contributed by atoms with Gasteiger partial charge in [0.25, 0.3) is 0 Å². The number of ether oxygens (including phenoxy) is 3. The summed E-state index contributed by atoms with van der Waals surface area (Å²) in [5.74, 6) is -0.128. The molecule has 1 aliphatic rings. The molecule has 1 aromatic rings. The van der Waals surface area contributed by atoms with E-state index in [9.17, 15) is 14.7 Å². The van der Waals surface area contributed by atoms with Gasteiger partial charge >= 0.3 is 12.1 Å². The molecule has 28 heavy (non-hydrogen) atoms. The molecule has 1 atom stereocenters. The first-order chi connectivity index (χ1) is 13.2. The zero-order chi connectivity index (χ0) is 20.7. The molecule has 0 heterocycles. The Morgan fingerprint density at radius 2 is 1.89 bits per heavy atom. The first kappa shape index (κ1) is 21.9. The molecule has 1 fully saturated rings. The third-order valence-corrected chi connectivity index (χ3v) is 4.57. The van der Waals surface area contributed by atoms with Crippen LogP contribution in [0.15, 0.2) is 18.2 Å². The minimum Gasteiger partial charge on any atom is -0.493 e. The third-order valence-electron chi connectivity index (χ3n) is 4.57. The highest BCUT2D eigenvalue weighted by Gasteiger charge is 2.23. The Morgan fingerprint density at radius 1 is 1.21 bits per heavy atom. The van der Waals surface area contributed by atoms with E-state index in [2.05, 4.69) is 5.32 Å². The largest absolute Gasteiger partial charge is 0.493 e. The highest BCUT2D eigenvalue weighted by Crippen LogP contribution is 2.35. The zero-order valence-corrected chi connectivity index (χ0v) is 17.1. The van der Waals surface area contributed by atoms with Gasteiger partial charge in [-0.25, -0.2) is 4.79 Å². The Bertz CT molecular complexity index is 676. The molecule has 0 aliphatic heterocycles. The predicted octanol–water partition coefficient (Wildman–Crippen LogP) is 4.10. The van der Waals surface area contributed by atoms with E-state index in [4.69, 9.17) is 14.2 Å². The minimum absolute atomic E-state index is 0.120. The van der Waals surface area contributed by atoms with E-state index in [1.165, 1.54) is 0 Å². The van der Waals surface area contributed by atoms with Gasteiger partial charge in [0.05, 0.1) is 19.6 Å². The standard InChI is InChI=1S/C21H31NO6/c1-21(2,3)28-20(25)22-13-15(12-19(23)24)14-9-10-17(26-4)18(11-14)27-16-7-5-6-8-16/h9-11,15-16H,5-8,12-13H2,1-4H3,(H,22,25)(H,23,24). The molecule has 2 N–H and O–H groups in total. The average Bonchev–Trinajstić information content (AvgIpc) is 3.09. The fourth-order valence-corrected chi connectivity index (χ4v) is 3.26. The van der Waals surface area contributed by atoms with Gasteiger partial charge in [-0.2, -0.15) is 0 Å². The number of carboxylic acid groups (broad SMARTS) is 1. The van der Waals surface area contributed by atoms with Crippen molar-refractivity contribution in [3.63, 3.8) is 0 Å². The van der Waals surface area contributed by atoms with Crippen molar-refractivity contribution in [2.75, 3.05) is 13.7 Å². The van der Waals surface area contributed by atoms with Crippen LogP contribution in [0.1, 0.15) is 64.4 Å². The fourth-order valence-electron chi connectivity index (χ4n) is 3.26. The number of aliphatic carboxylic acids is 1. The first-order valence-corrected chi connectivity index (χ1v) is 9.71. The summed E-state index contributed by atoms with van der Waals surface area (Å²) >= 11 is 0. The summed E-state index contributed by atoms with van der Waals surface area (Å²) in [6.07, 6.45) is 3.77. The van der Waals surface area contributed by atoms with E-state index in [-0.39, 0.29) is 19.1 Å². The molecule has 156 valence electrons. The van der Waals surface area contributed by atoms with Crippen LogP contribution in [-0.4, -0.2) is 42.5 Å². The molecule has 7 heteroatoms. The van der Waals surface area contributed by atoms with Crippen molar-refractivity contribution in [1.29, 1.82) is 0 Å². The predicted molar refractivity (Wildman–Crippen MR) is 105 cm³/mol.